The first-order valence-electron chi connectivity index (χ1n) is 14.1. The summed E-state index contributed by atoms with van der Waals surface area (Å²) in [5, 5.41) is 2.28. The normalized spacial score (nSPS) is 11.2. The van der Waals surface area contributed by atoms with Gasteiger partial charge in [0.2, 0.25) is 0 Å². The van der Waals surface area contributed by atoms with Gasteiger partial charge in [0.05, 0.1) is 22.2 Å². The molecule has 0 aliphatic heterocycles. The monoisotopic (exact) mass is 889 g/mol. The van der Waals surface area contributed by atoms with Gasteiger partial charge in [-0.2, -0.15) is 26.3 Å². The fourth-order valence-corrected chi connectivity index (χ4v) is 4.38. The molecule has 7 rings (SSSR count). The summed E-state index contributed by atoms with van der Waals surface area (Å²) in [6.45, 7) is 0. The van der Waals surface area contributed by atoms with Gasteiger partial charge < -0.3 is 9.97 Å². The largest absolute Gasteiger partial charge is 0.417 e. The first kappa shape index (κ1) is 38.5. The van der Waals surface area contributed by atoms with Crippen LogP contribution >= 0.6 is 0 Å². The number of fused-ring (bicyclic) bond motifs is 3. The Balaban J connectivity index is 0.000000171. The first-order chi connectivity index (χ1) is 23.7. The second-order valence-electron chi connectivity index (χ2n) is 10.2. The van der Waals surface area contributed by atoms with E-state index in [0.29, 0.717) is 24.5 Å². The fourth-order valence-electron chi connectivity index (χ4n) is 4.38. The Morgan fingerprint density at radius 2 is 0.882 bits per heavy atom. The molecule has 51 heavy (non-hydrogen) atoms. The van der Waals surface area contributed by atoms with E-state index >= 15 is 0 Å². The summed E-state index contributed by atoms with van der Waals surface area (Å²) in [7, 11) is 0. The summed E-state index contributed by atoms with van der Waals surface area (Å²) in [6, 6.07) is 23.3. The van der Waals surface area contributed by atoms with Crippen LogP contribution in [0.25, 0.3) is 44.3 Å². The van der Waals surface area contributed by atoms with Crippen molar-refractivity contribution in [2.45, 2.75) is 12.4 Å². The second kappa shape index (κ2) is 16.2. The van der Waals surface area contributed by atoms with E-state index in [2.05, 4.69) is 56.3 Å². The molecule has 3 aromatic carbocycles. The van der Waals surface area contributed by atoms with Gasteiger partial charge in [-0.3, -0.25) is 27.5 Å². The molecule has 0 saturated heterocycles. The van der Waals surface area contributed by atoms with E-state index in [1.807, 2.05) is 12.1 Å². The molecule has 4 heterocycles. The minimum Gasteiger partial charge on any atom is -0.304 e. The van der Waals surface area contributed by atoms with Crippen molar-refractivity contribution in [2.24, 2.45) is 0 Å². The van der Waals surface area contributed by atoms with Crippen LogP contribution in [0.4, 0.5) is 43.9 Å². The second-order valence-corrected chi connectivity index (χ2v) is 10.2. The van der Waals surface area contributed by atoms with E-state index in [4.69, 9.17) is 0 Å². The van der Waals surface area contributed by atoms with Crippen LogP contribution in [0.3, 0.4) is 0 Å². The zero-order valence-electron chi connectivity index (χ0n) is 25.3. The molecule has 0 saturated carbocycles. The number of aromatic nitrogens is 4. The standard InChI is InChI=1S/2C12H5F5N.C12H8N2.Ir/c2*13-8-2-3-9(10(14)5-8)11-4-1-7(6-18-11)12(15,16)17;1-3-9-5-6-10-4-2-8-14-12(10)11(9)13-7-1;/h2*1-2,4-6H;1-8H;/q2*-1;;. The van der Waals surface area contributed by atoms with Crippen LogP contribution in [-0.2, 0) is 32.5 Å². The first-order valence-corrected chi connectivity index (χ1v) is 14.1. The van der Waals surface area contributed by atoms with Gasteiger partial charge in [0.1, 0.15) is 0 Å². The number of rotatable bonds is 2. The summed E-state index contributed by atoms with van der Waals surface area (Å²) < 4.78 is 126. The smallest absolute Gasteiger partial charge is 0.304 e. The predicted molar refractivity (Wildman–Crippen MR) is 164 cm³/mol. The molecule has 0 amide bonds. The van der Waals surface area contributed by atoms with E-state index < -0.39 is 46.7 Å². The number of hydrogen-bond acceptors (Lipinski definition) is 4. The topological polar surface area (TPSA) is 51.6 Å². The maximum Gasteiger partial charge on any atom is 0.417 e. The Kier molecular flexibility index (Phi) is 12.2. The van der Waals surface area contributed by atoms with Crippen molar-refractivity contribution in [3.8, 4) is 22.5 Å². The van der Waals surface area contributed by atoms with Crippen molar-refractivity contribution in [1.29, 1.82) is 0 Å². The Labute approximate surface area is 296 Å². The van der Waals surface area contributed by atoms with Crippen LogP contribution in [0, 0.1) is 35.4 Å². The van der Waals surface area contributed by atoms with Crippen molar-refractivity contribution < 1.29 is 64.0 Å². The third-order valence-electron chi connectivity index (χ3n) is 6.75. The van der Waals surface area contributed by atoms with E-state index in [1.54, 1.807) is 12.4 Å². The summed E-state index contributed by atoms with van der Waals surface area (Å²) >= 11 is 0. The fraction of sp³-hybridized carbons (Fsp3) is 0.0556. The molecule has 0 atom stereocenters. The van der Waals surface area contributed by atoms with Gasteiger partial charge >= 0.3 is 12.4 Å². The van der Waals surface area contributed by atoms with Crippen LogP contribution in [0.15, 0.2) is 110 Å². The van der Waals surface area contributed by atoms with Crippen LogP contribution in [0.5, 0.6) is 0 Å². The maximum absolute atomic E-state index is 13.3. The van der Waals surface area contributed by atoms with Gasteiger partial charge in [-0.25, -0.2) is 0 Å². The third-order valence-corrected chi connectivity index (χ3v) is 6.75. The number of pyridine rings is 4. The Morgan fingerprint density at radius 1 is 0.490 bits per heavy atom. The molecule has 0 N–H and O–H groups in total. The zero-order valence-corrected chi connectivity index (χ0v) is 27.7. The molecule has 0 fully saturated rings. The maximum atomic E-state index is 13.3. The quantitative estimate of drug-likeness (QED) is 0.0986. The van der Waals surface area contributed by atoms with Crippen molar-refractivity contribution in [2.75, 3.05) is 0 Å². The van der Waals surface area contributed by atoms with Crippen LogP contribution in [-0.4, -0.2) is 19.9 Å². The Morgan fingerprint density at radius 3 is 1.20 bits per heavy atom. The molecule has 4 aromatic heterocycles. The predicted octanol–water partition coefficient (Wildman–Crippen LogP) is 10.5. The summed E-state index contributed by atoms with van der Waals surface area (Å²) in [4.78, 5) is 15.7. The average molecular weight is 889 g/mol. The van der Waals surface area contributed by atoms with Crippen molar-refractivity contribution in [3.63, 3.8) is 0 Å². The number of alkyl halides is 6. The van der Waals surface area contributed by atoms with E-state index in [9.17, 15) is 43.9 Å². The molecule has 263 valence electrons. The number of benzene rings is 3. The van der Waals surface area contributed by atoms with Crippen molar-refractivity contribution >= 4 is 21.8 Å². The molecular weight excluding hydrogens is 871 g/mol. The van der Waals surface area contributed by atoms with Crippen molar-refractivity contribution in [1.82, 2.24) is 19.9 Å². The number of halogens is 10. The summed E-state index contributed by atoms with van der Waals surface area (Å²) in [6.07, 6.45) is -4.22. The SMILES string of the molecule is Fc1c[c-]c(-c2ccc(C(F)(F)F)cn2)c(F)c1.Fc1c[c-]c(-c2ccc(C(F)(F)F)cn2)c(F)c1.[Ir].c1cnc2c(c1)ccc1cccnc12. The molecule has 0 aliphatic carbocycles. The molecular formula is C36H18F10IrN4-2. The molecule has 4 nitrogen and oxygen atoms in total. The van der Waals surface area contributed by atoms with Gasteiger partial charge in [-0.05, 0) is 23.5 Å². The van der Waals surface area contributed by atoms with Crippen LogP contribution < -0.4 is 0 Å². The van der Waals surface area contributed by atoms with Gasteiger partial charge in [0.15, 0.2) is 0 Å². The molecule has 15 heteroatoms. The van der Waals surface area contributed by atoms with E-state index in [0.717, 1.165) is 58.2 Å². The van der Waals surface area contributed by atoms with Gasteiger partial charge in [0, 0.05) is 78.9 Å². The number of hydrogen-bond donors (Lipinski definition) is 0. The molecule has 0 bridgehead atoms. The average Bonchev–Trinajstić information content (AvgIpc) is 3.08. The molecule has 0 aliphatic rings. The molecule has 7 aromatic rings. The zero-order chi connectivity index (χ0) is 36.1. The molecule has 0 spiro atoms. The summed E-state index contributed by atoms with van der Waals surface area (Å²) in [5.74, 6) is -3.49. The Bertz CT molecular complexity index is 2080. The minimum absolute atomic E-state index is 0. The summed E-state index contributed by atoms with van der Waals surface area (Å²) in [5.41, 5.74) is -0.352. The number of nitrogens with zero attached hydrogens (tertiary/aromatic N) is 4. The Hall–Kier alpha value is -5.27. The molecule has 1 radical (unpaired) electrons. The molecule has 0 unspecified atom stereocenters. The van der Waals surface area contributed by atoms with Gasteiger partial charge in [-0.15, -0.1) is 24.3 Å². The third kappa shape index (κ3) is 9.71. The van der Waals surface area contributed by atoms with Gasteiger partial charge in [0.25, 0.3) is 0 Å². The van der Waals surface area contributed by atoms with Crippen LogP contribution in [0.2, 0.25) is 0 Å². The van der Waals surface area contributed by atoms with E-state index in [1.165, 1.54) is 0 Å². The van der Waals surface area contributed by atoms with Crippen LogP contribution in [0.1, 0.15) is 11.1 Å². The van der Waals surface area contributed by atoms with E-state index in [-0.39, 0.29) is 42.6 Å². The van der Waals surface area contributed by atoms with Gasteiger partial charge in [-0.1, -0.05) is 71.8 Å². The minimum atomic E-state index is -4.50. The van der Waals surface area contributed by atoms with Crippen molar-refractivity contribution in [3.05, 3.63) is 156 Å².